The third kappa shape index (κ3) is 6.21. The number of hydrogen-bond donors (Lipinski definition) is 0. The quantitative estimate of drug-likeness (QED) is 0.228. The SMILES string of the molecule is CC(=O)OC[C@@H](OC(C)=O)[C@H](OC(C)=O)[C@H](OC(C)=O)[C@H]1O[N+]([O-])=C2CC(C)=C(C)C[C@@H]21. The minimum absolute atomic E-state index is 0.391. The lowest BCUT2D eigenvalue weighted by molar-refractivity contribution is -0.743. The highest BCUT2D eigenvalue weighted by Gasteiger charge is 2.52. The topological polar surface area (TPSA) is 141 Å². The molecule has 0 fully saturated rings. The van der Waals surface area contributed by atoms with Gasteiger partial charge in [-0.2, -0.15) is 0 Å². The molecule has 0 spiro atoms. The third-order valence-corrected chi connectivity index (χ3v) is 5.36. The minimum atomic E-state index is -1.40. The summed E-state index contributed by atoms with van der Waals surface area (Å²) in [4.78, 5) is 52.8. The molecule has 2 rings (SSSR count). The van der Waals surface area contributed by atoms with E-state index in [-0.39, 0.29) is 0 Å². The fourth-order valence-electron chi connectivity index (χ4n) is 3.89. The Hall–Kier alpha value is -3.11. The molecule has 1 aliphatic carbocycles. The number of ether oxygens (including phenoxy) is 4. The van der Waals surface area contributed by atoms with E-state index in [0.29, 0.717) is 23.5 Å². The fourth-order valence-corrected chi connectivity index (χ4v) is 3.89. The first-order valence-corrected chi connectivity index (χ1v) is 10.2. The van der Waals surface area contributed by atoms with Crippen LogP contribution in [-0.4, -0.2) is 65.5 Å². The number of nitrogens with zero attached hydrogens (tertiary/aromatic N) is 1. The zero-order valence-corrected chi connectivity index (χ0v) is 19.0. The van der Waals surface area contributed by atoms with Crippen LogP contribution in [0.5, 0.6) is 0 Å². The third-order valence-electron chi connectivity index (χ3n) is 5.36. The molecule has 0 radical (unpaired) electrons. The van der Waals surface area contributed by atoms with Crippen LogP contribution in [0, 0.1) is 11.1 Å². The van der Waals surface area contributed by atoms with Crippen molar-refractivity contribution >= 4 is 29.6 Å². The first kappa shape index (κ1) is 25.2. The lowest BCUT2D eigenvalue weighted by Gasteiger charge is -2.36. The van der Waals surface area contributed by atoms with Crippen LogP contribution in [0.25, 0.3) is 0 Å². The van der Waals surface area contributed by atoms with Crippen LogP contribution < -0.4 is 0 Å². The van der Waals surface area contributed by atoms with Crippen LogP contribution in [0.2, 0.25) is 0 Å². The molecule has 11 nitrogen and oxygen atoms in total. The van der Waals surface area contributed by atoms with Crippen molar-refractivity contribution in [1.29, 1.82) is 0 Å². The lowest BCUT2D eigenvalue weighted by atomic mass is 9.78. The molecule has 0 aromatic carbocycles. The number of rotatable bonds is 8. The molecule has 5 atom stereocenters. The largest absolute Gasteiger partial charge is 0.462 e. The Bertz CT molecular complexity index is 846. The highest BCUT2D eigenvalue weighted by molar-refractivity contribution is 5.87. The molecule has 0 aromatic heterocycles. The van der Waals surface area contributed by atoms with Crippen LogP contribution in [-0.2, 0) is 43.0 Å². The molecule has 32 heavy (non-hydrogen) atoms. The molecule has 0 N–H and O–H groups in total. The summed E-state index contributed by atoms with van der Waals surface area (Å²) in [6.45, 7) is 7.95. The highest BCUT2D eigenvalue weighted by Crippen LogP contribution is 2.37. The number of carbonyl (C=O) groups excluding carboxylic acids is 4. The molecule has 0 saturated carbocycles. The van der Waals surface area contributed by atoms with E-state index in [1.54, 1.807) is 0 Å². The second-order valence-corrected chi connectivity index (χ2v) is 7.97. The zero-order chi connectivity index (χ0) is 24.2. The normalized spacial score (nSPS) is 22.8. The van der Waals surface area contributed by atoms with E-state index in [9.17, 15) is 24.4 Å². The van der Waals surface area contributed by atoms with Gasteiger partial charge in [-0.05, 0) is 20.3 Å². The van der Waals surface area contributed by atoms with E-state index in [2.05, 4.69) is 0 Å². The van der Waals surface area contributed by atoms with Gasteiger partial charge in [0.1, 0.15) is 12.7 Å². The predicted octanol–water partition coefficient (Wildman–Crippen LogP) is 1.36. The summed E-state index contributed by atoms with van der Waals surface area (Å²) in [5, 5.41) is 12.5. The Morgan fingerprint density at radius 3 is 2.09 bits per heavy atom. The maximum atomic E-state index is 12.5. The Morgan fingerprint density at radius 2 is 1.56 bits per heavy atom. The second-order valence-electron chi connectivity index (χ2n) is 7.97. The van der Waals surface area contributed by atoms with Crippen LogP contribution in [0.1, 0.15) is 54.4 Å². The Morgan fingerprint density at radius 1 is 0.969 bits per heavy atom. The molecular formula is C21H29NO10. The summed E-state index contributed by atoms with van der Waals surface area (Å²) in [7, 11) is 0. The molecule has 1 heterocycles. The maximum Gasteiger partial charge on any atom is 0.303 e. The molecule has 2 aliphatic rings. The van der Waals surface area contributed by atoms with Crippen molar-refractivity contribution in [3.05, 3.63) is 16.4 Å². The van der Waals surface area contributed by atoms with Crippen molar-refractivity contribution in [2.24, 2.45) is 5.92 Å². The first-order chi connectivity index (χ1) is 14.9. The highest BCUT2D eigenvalue weighted by atomic mass is 16.9. The molecular weight excluding hydrogens is 426 g/mol. The average molecular weight is 455 g/mol. The summed E-state index contributed by atoms with van der Waals surface area (Å²) in [5.41, 5.74) is 2.56. The van der Waals surface area contributed by atoms with Crippen molar-refractivity contribution in [1.82, 2.24) is 0 Å². The summed E-state index contributed by atoms with van der Waals surface area (Å²) in [6.07, 6.45) is -4.18. The zero-order valence-electron chi connectivity index (χ0n) is 19.0. The fraction of sp³-hybridized carbons (Fsp3) is 0.667. The van der Waals surface area contributed by atoms with E-state index in [0.717, 1.165) is 38.8 Å². The Labute approximate surface area is 185 Å². The van der Waals surface area contributed by atoms with Gasteiger partial charge in [-0.25, -0.2) is 0 Å². The van der Waals surface area contributed by atoms with Crippen molar-refractivity contribution < 1.29 is 47.9 Å². The molecule has 178 valence electrons. The van der Waals surface area contributed by atoms with Crippen molar-refractivity contribution in [2.75, 3.05) is 6.61 Å². The first-order valence-electron chi connectivity index (χ1n) is 10.2. The van der Waals surface area contributed by atoms with Gasteiger partial charge in [0.2, 0.25) is 5.71 Å². The van der Waals surface area contributed by atoms with Gasteiger partial charge in [0.25, 0.3) is 0 Å². The van der Waals surface area contributed by atoms with Gasteiger partial charge in [0.15, 0.2) is 18.3 Å². The monoisotopic (exact) mass is 455 g/mol. The van der Waals surface area contributed by atoms with Gasteiger partial charge >= 0.3 is 23.9 Å². The Balaban J connectivity index is 2.47. The van der Waals surface area contributed by atoms with Crippen molar-refractivity contribution in [3.63, 3.8) is 0 Å². The summed E-state index contributed by atoms with van der Waals surface area (Å²) in [6, 6.07) is 0. The van der Waals surface area contributed by atoms with Crippen molar-refractivity contribution in [2.45, 2.75) is 78.8 Å². The summed E-state index contributed by atoms with van der Waals surface area (Å²) < 4.78 is 21.0. The molecule has 11 heteroatoms. The molecule has 0 bridgehead atoms. The van der Waals surface area contributed by atoms with Crippen molar-refractivity contribution in [3.8, 4) is 0 Å². The lowest BCUT2D eigenvalue weighted by Crippen LogP contribution is -2.54. The summed E-state index contributed by atoms with van der Waals surface area (Å²) >= 11 is 0. The van der Waals surface area contributed by atoms with Crippen LogP contribution in [0.4, 0.5) is 0 Å². The van der Waals surface area contributed by atoms with E-state index in [4.69, 9.17) is 23.8 Å². The summed E-state index contributed by atoms with van der Waals surface area (Å²) in [5.74, 6) is -3.34. The minimum Gasteiger partial charge on any atom is -0.462 e. The van der Waals surface area contributed by atoms with E-state index >= 15 is 0 Å². The maximum absolute atomic E-state index is 12.5. The smallest absolute Gasteiger partial charge is 0.303 e. The standard InChI is InChI=1S/C21H29NO10/c1-10-7-16-17(8-11(10)2)22(27)32-19(16)21(31-15(6)26)20(30-14(5)25)18(29-13(4)24)9-28-12(3)23/h16,18-21H,7-9H2,1-6H3/t16-,18+,19-,20-,21+/m0/s1. The van der Waals surface area contributed by atoms with E-state index < -0.39 is 60.8 Å². The second kappa shape index (κ2) is 10.5. The molecule has 0 unspecified atom stereocenters. The van der Waals surface area contributed by atoms with Gasteiger partial charge in [-0.3, -0.25) is 24.4 Å². The number of carbonyl (C=O) groups is 4. The average Bonchev–Trinajstić information content (AvgIpc) is 2.97. The molecule has 0 saturated heterocycles. The number of allylic oxidation sites excluding steroid dienone is 2. The molecule has 0 aromatic rings. The molecule has 0 amide bonds. The Kier molecular flexibility index (Phi) is 8.23. The predicted molar refractivity (Wildman–Crippen MR) is 108 cm³/mol. The van der Waals surface area contributed by atoms with Gasteiger partial charge < -0.3 is 23.8 Å². The van der Waals surface area contributed by atoms with Gasteiger partial charge in [0.05, 0.1) is 12.3 Å². The van der Waals surface area contributed by atoms with Gasteiger partial charge in [0, 0.05) is 32.6 Å². The van der Waals surface area contributed by atoms with Gasteiger partial charge in [-0.1, -0.05) is 11.1 Å². The van der Waals surface area contributed by atoms with E-state index in [1.807, 2.05) is 13.8 Å². The number of hydrogen-bond acceptors (Lipinski definition) is 10. The number of esters is 4. The molecule has 1 aliphatic heterocycles. The van der Waals surface area contributed by atoms with Gasteiger partial charge in [-0.15, -0.1) is 0 Å². The van der Waals surface area contributed by atoms with Crippen LogP contribution >= 0.6 is 0 Å². The number of fused-ring (bicyclic) bond motifs is 1. The van der Waals surface area contributed by atoms with E-state index in [1.165, 1.54) is 0 Å². The van der Waals surface area contributed by atoms with Crippen LogP contribution in [0.3, 0.4) is 0 Å². The van der Waals surface area contributed by atoms with Crippen LogP contribution in [0.15, 0.2) is 11.1 Å².